The molecule has 0 N–H and O–H groups in total. The van der Waals surface area contributed by atoms with Crippen molar-refractivity contribution in [1.82, 2.24) is 9.38 Å². The molecular weight excluding hydrogens is 212 g/mol. The van der Waals surface area contributed by atoms with E-state index in [2.05, 4.69) is 4.98 Å². The minimum absolute atomic E-state index is 0.119. The second-order valence-corrected chi connectivity index (χ2v) is 5.96. The van der Waals surface area contributed by atoms with Crippen molar-refractivity contribution in [3.8, 4) is 0 Å². The van der Waals surface area contributed by atoms with E-state index >= 15 is 0 Å². The van der Waals surface area contributed by atoms with Crippen LogP contribution in [0.25, 0.3) is 5.65 Å². The van der Waals surface area contributed by atoms with E-state index in [4.69, 9.17) is 0 Å². The van der Waals surface area contributed by atoms with Crippen molar-refractivity contribution < 1.29 is 8.42 Å². The average Bonchev–Trinajstić information content (AvgIpc) is 2.55. The molecule has 3 heterocycles. The van der Waals surface area contributed by atoms with Crippen LogP contribution in [0.15, 0.2) is 24.4 Å². The summed E-state index contributed by atoms with van der Waals surface area (Å²) >= 11 is 0. The highest BCUT2D eigenvalue weighted by Crippen LogP contribution is 2.21. The molecule has 0 atom stereocenters. The summed E-state index contributed by atoms with van der Waals surface area (Å²) in [5, 5.41) is 0. The number of fused-ring (bicyclic) bond motifs is 3. The van der Waals surface area contributed by atoms with Gasteiger partial charge in [0.2, 0.25) is 0 Å². The topological polar surface area (TPSA) is 51.4 Å². The van der Waals surface area contributed by atoms with Crippen molar-refractivity contribution in [3.05, 3.63) is 35.8 Å². The molecule has 0 fully saturated rings. The molecule has 15 heavy (non-hydrogen) atoms. The number of aryl methyl sites for hydroxylation is 1. The number of sulfone groups is 1. The van der Waals surface area contributed by atoms with Gasteiger partial charge in [-0.15, -0.1) is 0 Å². The molecule has 2 aromatic rings. The number of aromatic nitrogens is 2. The molecule has 0 saturated heterocycles. The lowest BCUT2D eigenvalue weighted by molar-refractivity contribution is 0.590. The molecule has 0 saturated carbocycles. The highest BCUT2D eigenvalue weighted by molar-refractivity contribution is 7.90. The van der Waals surface area contributed by atoms with Gasteiger partial charge in [-0.3, -0.25) is 0 Å². The molecule has 0 aromatic carbocycles. The third-order valence-corrected chi connectivity index (χ3v) is 4.26. The Morgan fingerprint density at radius 1 is 1.33 bits per heavy atom. The van der Waals surface area contributed by atoms with Crippen LogP contribution in [0.1, 0.15) is 11.4 Å². The SMILES string of the molecule is O=S1(=O)CCc2nc3ccccn3c2C1. The van der Waals surface area contributed by atoms with Gasteiger partial charge in [-0.25, -0.2) is 13.4 Å². The maximum Gasteiger partial charge on any atom is 0.156 e. The molecule has 5 heteroatoms. The molecule has 0 aliphatic carbocycles. The minimum Gasteiger partial charge on any atom is -0.303 e. The van der Waals surface area contributed by atoms with Gasteiger partial charge in [-0.2, -0.15) is 0 Å². The average molecular weight is 222 g/mol. The molecule has 0 bridgehead atoms. The van der Waals surface area contributed by atoms with E-state index in [1.54, 1.807) is 0 Å². The van der Waals surface area contributed by atoms with Crippen LogP contribution >= 0.6 is 0 Å². The lowest BCUT2D eigenvalue weighted by atomic mass is 10.3. The fourth-order valence-corrected chi connectivity index (χ4v) is 3.35. The van der Waals surface area contributed by atoms with Crippen LogP contribution in [0.4, 0.5) is 0 Å². The van der Waals surface area contributed by atoms with Gasteiger partial charge in [0.1, 0.15) is 5.65 Å². The van der Waals surface area contributed by atoms with E-state index in [0.29, 0.717) is 6.42 Å². The van der Waals surface area contributed by atoms with Crippen molar-refractivity contribution >= 4 is 15.5 Å². The van der Waals surface area contributed by atoms with Crippen LogP contribution in [0.2, 0.25) is 0 Å². The number of nitrogens with zero attached hydrogens (tertiary/aromatic N) is 2. The molecule has 1 aliphatic rings. The lowest BCUT2D eigenvalue weighted by Crippen LogP contribution is -2.19. The Balaban J connectivity index is 2.31. The first-order valence-electron chi connectivity index (χ1n) is 4.81. The Morgan fingerprint density at radius 3 is 3.07 bits per heavy atom. The van der Waals surface area contributed by atoms with E-state index in [-0.39, 0.29) is 11.5 Å². The van der Waals surface area contributed by atoms with Crippen LogP contribution in [0.5, 0.6) is 0 Å². The van der Waals surface area contributed by atoms with E-state index in [0.717, 1.165) is 17.0 Å². The van der Waals surface area contributed by atoms with E-state index in [9.17, 15) is 8.42 Å². The van der Waals surface area contributed by atoms with Crippen LogP contribution in [0, 0.1) is 0 Å². The molecule has 0 spiro atoms. The second kappa shape index (κ2) is 2.82. The predicted molar refractivity (Wildman–Crippen MR) is 56.4 cm³/mol. The monoisotopic (exact) mass is 222 g/mol. The van der Waals surface area contributed by atoms with Gasteiger partial charge >= 0.3 is 0 Å². The second-order valence-electron chi connectivity index (χ2n) is 3.78. The maximum atomic E-state index is 11.5. The smallest absolute Gasteiger partial charge is 0.156 e. The van der Waals surface area contributed by atoms with Gasteiger partial charge in [0.15, 0.2) is 9.84 Å². The first-order valence-corrected chi connectivity index (χ1v) is 6.63. The quantitative estimate of drug-likeness (QED) is 0.662. The summed E-state index contributed by atoms with van der Waals surface area (Å²) in [6, 6.07) is 5.68. The normalized spacial score (nSPS) is 18.9. The van der Waals surface area contributed by atoms with Crippen LogP contribution in [-0.2, 0) is 22.0 Å². The number of hydrogen-bond acceptors (Lipinski definition) is 3. The van der Waals surface area contributed by atoms with Crippen molar-refractivity contribution in [2.45, 2.75) is 12.2 Å². The van der Waals surface area contributed by atoms with Crippen molar-refractivity contribution in [3.63, 3.8) is 0 Å². The highest BCUT2D eigenvalue weighted by Gasteiger charge is 2.25. The summed E-state index contributed by atoms with van der Waals surface area (Å²) in [6.45, 7) is 0. The van der Waals surface area contributed by atoms with Gasteiger partial charge < -0.3 is 4.40 Å². The van der Waals surface area contributed by atoms with Crippen LogP contribution < -0.4 is 0 Å². The molecule has 0 radical (unpaired) electrons. The van der Waals surface area contributed by atoms with Gasteiger partial charge in [0.25, 0.3) is 0 Å². The maximum absolute atomic E-state index is 11.5. The third kappa shape index (κ3) is 1.34. The van der Waals surface area contributed by atoms with Crippen molar-refractivity contribution in [1.29, 1.82) is 0 Å². The number of imidazole rings is 1. The summed E-state index contributed by atoms with van der Waals surface area (Å²) in [5.41, 5.74) is 2.59. The molecule has 0 amide bonds. The largest absolute Gasteiger partial charge is 0.303 e. The Hall–Kier alpha value is -1.36. The van der Waals surface area contributed by atoms with Crippen molar-refractivity contribution in [2.75, 3.05) is 5.75 Å². The zero-order valence-electron chi connectivity index (χ0n) is 8.05. The third-order valence-electron chi connectivity index (χ3n) is 2.72. The fourth-order valence-electron chi connectivity index (χ4n) is 1.98. The minimum atomic E-state index is -2.92. The van der Waals surface area contributed by atoms with Crippen LogP contribution in [-0.4, -0.2) is 23.6 Å². The standard InChI is InChI=1S/C10H10N2O2S/c13-15(14)6-4-8-9(7-15)12-5-2-1-3-10(12)11-8/h1-3,5H,4,6-7H2. The van der Waals surface area contributed by atoms with Crippen molar-refractivity contribution in [2.24, 2.45) is 0 Å². The summed E-state index contributed by atoms with van der Waals surface area (Å²) in [6.07, 6.45) is 2.40. The summed E-state index contributed by atoms with van der Waals surface area (Å²) in [7, 11) is -2.92. The molecular formula is C10H10N2O2S. The van der Waals surface area contributed by atoms with E-state index in [1.807, 2.05) is 28.8 Å². The van der Waals surface area contributed by atoms with Crippen LogP contribution in [0.3, 0.4) is 0 Å². The Bertz CT molecular complexity index is 628. The zero-order valence-corrected chi connectivity index (χ0v) is 8.87. The highest BCUT2D eigenvalue weighted by atomic mass is 32.2. The van der Waals surface area contributed by atoms with E-state index in [1.165, 1.54) is 0 Å². The first kappa shape index (κ1) is 8.91. The summed E-state index contributed by atoms with van der Waals surface area (Å²) < 4.78 is 24.9. The Kier molecular flexibility index (Phi) is 1.68. The van der Waals surface area contributed by atoms with Gasteiger partial charge in [0.05, 0.1) is 22.9 Å². The molecule has 3 rings (SSSR count). The number of hydrogen-bond donors (Lipinski definition) is 0. The van der Waals surface area contributed by atoms with Gasteiger partial charge in [-0.05, 0) is 12.1 Å². The Morgan fingerprint density at radius 2 is 2.20 bits per heavy atom. The molecule has 0 unspecified atom stereocenters. The molecule has 4 nitrogen and oxygen atoms in total. The fraction of sp³-hybridized carbons (Fsp3) is 0.300. The lowest BCUT2D eigenvalue weighted by Gasteiger charge is -2.11. The van der Waals surface area contributed by atoms with Gasteiger partial charge in [0, 0.05) is 12.6 Å². The Labute approximate surface area is 87.5 Å². The molecule has 2 aromatic heterocycles. The molecule has 1 aliphatic heterocycles. The zero-order chi connectivity index (χ0) is 10.5. The number of pyridine rings is 1. The predicted octanol–water partition coefficient (Wildman–Crippen LogP) is 0.805. The number of rotatable bonds is 0. The summed E-state index contributed by atoms with van der Waals surface area (Å²) in [4.78, 5) is 4.42. The van der Waals surface area contributed by atoms with Gasteiger partial charge in [-0.1, -0.05) is 6.07 Å². The summed E-state index contributed by atoms with van der Waals surface area (Å²) in [5.74, 6) is 0.345. The first-order chi connectivity index (χ1) is 7.16. The van der Waals surface area contributed by atoms with E-state index < -0.39 is 9.84 Å². The molecule has 78 valence electrons.